The molecule has 0 saturated heterocycles. The quantitative estimate of drug-likeness (QED) is 0.647. The first-order valence-electron chi connectivity index (χ1n) is 7.45. The van der Waals surface area contributed by atoms with E-state index in [1.807, 2.05) is 0 Å². The van der Waals surface area contributed by atoms with E-state index in [1.54, 1.807) is 0 Å². The molecule has 0 fully saturated rings. The molecule has 2 unspecified atom stereocenters. The van der Waals surface area contributed by atoms with E-state index in [0.29, 0.717) is 6.04 Å². The number of nitrogens with one attached hydrogen (secondary N) is 1. The van der Waals surface area contributed by atoms with Crippen molar-refractivity contribution in [1.29, 1.82) is 0 Å². The van der Waals surface area contributed by atoms with E-state index < -0.39 is 0 Å². The number of hydrogen-bond donors (Lipinski definition) is 1. The van der Waals surface area contributed by atoms with Crippen molar-refractivity contribution in [3.63, 3.8) is 0 Å². The van der Waals surface area contributed by atoms with Gasteiger partial charge in [-0.15, -0.1) is 0 Å². The average molecular weight is 257 g/mol. The zero-order valence-electron chi connectivity index (χ0n) is 13.7. The summed E-state index contributed by atoms with van der Waals surface area (Å²) in [6.45, 7) is 13.9. The fourth-order valence-corrected chi connectivity index (χ4v) is 2.23. The lowest BCUT2D eigenvalue weighted by molar-refractivity contribution is 0.182. The van der Waals surface area contributed by atoms with Gasteiger partial charge in [0.1, 0.15) is 0 Å². The summed E-state index contributed by atoms with van der Waals surface area (Å²) in [5.74, 6) is 1.48. The molecule has 18 heavy (non-hydrogen) atoms. The van der Waals surface area contributed by atoms with E-state index in [4.69, 9.17) is 0 Å². The molecule has 0 saturated carbocycles. The zero-order valence-corrected chi connectivity index (χ0v) is 13.7. The highest BCUT2D eigenvalue weighted by Gasteiger charge is 2.18. The molecule has 0 aliphatic heterocycles. The van der Waals surface area contributed by atoms with Gasteiger partial charge >= 0.3 is 0 Å². The molecule has 0 spiro atoms. The Kier molecular flexibility index (Phi) is 9.70. The van der Waals surface area contributed by atoms with Gasteiger partial charge in [0.15, 0.2) is 0 Å². The van der Waals surface area contributed by atoms with Crippen LogP contribution in [0.15, 0.2) is 0 Å². The SMILES string of the molecule is CCC(C)C(CN(CCN(C)C)CC(C)C)NC. The average Bonchev–Trinajstić information content (AvgIpc) is 2.30. The van der Waals surface area contributed by atoms with Crippen LogP contribution in [-0.4, -0.2) is 63.2 Å². The van der Waals surface area contributed by atoms with Crippen LogP contribution in [-0.2, 0) is 0 Å². The van der Waals surface area contributed by atoms with Crippen LogP contribution in [0.2, 0.25) is 0 Å². The van der Waals surface area contributed by atoms with Crippen LogP contribution >= 0.6 is 0 Å². The maximum Gasteiger partial charge on any atom is 0.0217 e. The Morgan fingerprint density at radius 1 is 1.00 bits per heavy atom. The van der Waals surface area contributed by atoms with E-state index in [0.717, 1.165) is 24.9 Å². The second kappa shape index (κ2) is 9.76. The molecule has 0 aromatic rings. The first kappa shape index (κ1) is 17.9. The predicted molar refractivity (Wildman–Crippen MR) is 82.1 cm³/mol. The number of nitrogens with zero attached hydrogens (tertiary/aromatic N) is 2. The lowest BCUT2D eigenvalue weighted by atomic mass is 9.98. The van der Waals surface area contributed by atoms with Crippen LogP contribution in [0.5, 0.6) is 0 Å². The number of hydrogen-bond acceptors (Lipinski definition) is 3. The van der Waals surface area contributed by atoms with Crippen LogP contribution in [0.4, 0.5) is 0 Å². The molecule has 2 atom stereocenters. The molecular formula is C15H35N3. The Bertz CT molecular complexity index is 192. The van der Waals surface area contributed by atoms with Crippen molar-refractivity contribution >= 4 is 0 Å². The van der Waals surface area contributed by atoms with Crippen LogP contribution < -0.4 is 5.32 Å². The van der Waals surface area contributed by atoms with Gasteiger partial charge in [0, 0.05) is 32.2 Å². The molecule has 0 aromatic carbocycles. The molecule has 0 bridgehead atoms. The van der Waals surface area contributed by atoms with Gasteiger partial charge in [0.05, 0.1) is 0 Å². The maximum absolute atomic E-state index is 3.49. The minimum Gasteiger partial charge on any atom is -0.315 e. The summed E-state index contributed by atoms with van der Waals surface area (Å²) in [4.78, 5) is 4.88. The van der Waals surface area contributed by atoms with Crippen molar-refractivity contribution in [2.75, 3.05) is 47.3 Å². The van der Waals surface area contributed by atoms with Crippen LogP contribution in [0.25, 0.3) is 0 Å². The molecule has 0 aliphatic carbocycles. The van der Waals surface area contributed by atoms with Gasteiger partial charge in [-0.05, 0) is 33.0 Å². The highest BCUT2D eigenvalue weighted by Crippen LogP contribution is 2.10. The fraction of sp³-hybridized carbons (Fsp3) is 1.00. The molecule has 0 aromatic heterocycles. The first-order valence-corrected chi connectivity index (χ1v) is 7.45. The third kappa shape index (κ3) is 8.06. The maximum atomic E-state index is 3.49. The standard InChI is InChI=1S/C15H35N3/c1-8-14(4)15(16-5)12-18(11-13(2)3)10-9-17(6)7/h13-16H,8-12H2,1-7H3. The molecule has 3 heteroatoms. The molecular weight excluding hydrogens is 222 g/mol. The third-order valence-corrected chi connectivity index (χ3v) is 3.64. The lowest BCUT2D eigenvalue weighted by Crippen LogP contribution is -2.46. The van der Waals surface area contributed by atoms with Crippen LogP contribution in [0.3, 0.4) is 0 Å². The van der Waals surface area contributed by atoms with Gasteiger partial charge in [-0.25, -0.2) is 0 Å². The molecule has 0 radical (unpaired) electrons. The van der Waals surface area contributed by atoms with Gasteiger partial charge in [-0.1, -0.05) is 34.1 Å². The number of rotatable bonds is 10. The van der Waals surface area contributed by atoms with Crippen molar-refractivity contribution in [1.82, 2.24) is 15.1 Å². The van der Waals surface area contributed by atoms with Crippen molar-refractivity contribution in [2.45, 2.75) is 40.2 Å². The summed E-state index contributed by atoms with van der Waals surface area (Å²) < 4.78 is 0. The summed E-state index contributed by atoms with van der Waals surface area (Å²) >= 11 is 0. The van der Waals surface area contributed by atoms with Crippen molar-refractivity contribution < 1.29 is 0 Å². The Balaban J connectivity index is 4.35. The first-order chi connectivity index (χ1) is 8.40. The van der Waals surface area contributed by atoms with E-state index in [2.05, 4.69) is 64.0 Å². The normalized spacial score (nSPS) is 15.7. The van der Waals surface area contributed by atoms with Gasteiger partial charge < -0.3 is 15.1 Å². The van der Waals surface area contributed by atoms with Crippen LogP contribution in [0, 0.1) is 11.8 Å². The number of likely N-dealkylation sites (N-methyl/N-ethyl adjacent to an activating group) is 2. The summed E-state index contributed by atoms with van der Waals surface area (Å²) in [6, 6.07) is 0.607. The van der Waals surface area contributed by atoms with Gasteiger partial charge in [0.2, 0.25) is 0 Å². The summed E-state index contributed by atoms with van der Waals surface area (Å²) in [6.07, 6.45) is 1.24. The van der Waals surface area contributed by atoms with Crippen molar-refractivity contribution in [3.05, 3.63) is 0 Å². The molecule has 0 heterocycles. The van der Waals surface area contributed by atoms with E-state index in [1.165, 1.54) is 19.5 Å². The smallest absolute Gasteiger partial charge is 0.0217 e. The minimum atomic E-state index is 0.607. The van der Waals surface area contributed by atoms with Crippen molar-refractivity contribution in [2.24, 2.45) is 11.8 Å². The molecule has 0 aliphatic rings. The Labute approximate surface area is 115 Å². The minimum absolute atomic E-state index is 0.607. The second-order valence-electron chi connectivity index (χ2n) is 6.24. The topological polar surface area (TPSA) is 18.5 Å². The second-order valence-corrected chi connectivity index (χ2v) is 6.24. The van der Waals surface area contributed by atoms with Crippen LogP contribution in [0.1, 0.15) is 34.1 Å². The van der Waals surface area contributed by atoms with Crippen molar-refractivity contribution in [3.8, 4) is 0 Å². The Hall–Kier alpha value is -0.120. The highest BCUT2D eigenvalue weighted by molar-refractivity contribution is 4.76. The summed E-state index contributed by atoms with van der Waals surface area (Å²) in [5, 5.41) is 3.49. The predicted octanol–water partition coefficient (Wildman–Crippen LogP) is 2.14. The summed E-state index contributed by atoms with van der Waals surface area (Å²) in [7, 11) is 6.39. The summed E-state index contributed by atoms with van der Waals surface area (Å²) in [5.41, 5.74) is 0. The third-order valence-electron chi connectivity index (χ3n) is 3.64. The fourth-order valence-electron chi connectivity index (χ4n) is 2.23. The van der Waals surface area contributed by atoms with Gasteiger partial charge in [-0.3, -0.25) is 0 Å². The van der Waals surface area contributed by atoms with E-state index in [9.17, 15) is 0 Å². The zero-order chi connectivity index (χ0) is 14.1. The monoisotopic (exact) mass is 257 g/mol. The largest absolute Gasteiger partial charge is 0.315 e. The molecule has 110 valence electrons. The van der Waals surface area contributed by atoms with Gasteiger partial charge in [-0.2, -0.15) is 0 Å². The Morgan fingerprint density at radius 3 is 2.00 bits per heavy atom. The van der Waals surface area contributed by atoms with E-state index in [-0.39, 0.29) is 0 Å². The molecule has 0 rings (SSSR count). The van der Waals surface area contributed by atoms with E-state index >= 15 is 0 Å². The van der Waals surface area contributed by atoms with Gasteiger partial charge in [0.25, 0.3) is 0 Å². The molecule has 0 amide bonds. The highest BCUT2D eigenvalue weighted by atomic mass is 15.2. The molecule has 3 nitrogen and oxygen atoms in total. The molecule has 1 N–H and O–H groups in total. The lowest BCUT2D eigenvalue weighted by Gasteiger charge is -2.32. The Morgan fingerprint density at radius 2 is 1.61 bits per heavy atom.